The van der Waals surface area contributed by atoms with Crippen molar-refractivity contribution < 1.29 is 9.59 Å². The van der Waals surface area contributed by atoms with Crippen molar-refractivity contribution in [1.82, 2.24) is 20.1 Å². The fourth-order valence-electron chi connectivity index (χ4n) is 3.76. The molecule has 7 nitrogen and oxygen atoms in total. The van der Waals surface area contributed by atoms with Gasteiger partial charge in [0.15, 0.2) is 5.65 Å². The molecule has 2 heterocycles. The van der Waals surface area contributed by atoms with Gasteiger partial charge in [-0.1, -0.05) is 15.9 Å². The topological polar surface area (TPSA) is 88.9 Å². The molecule has 1 aliphatic rings. The lowest BCUT2D eigenvalue weighted by molar-refractivity contribution is -0.115. The normalized spacial score (nSPS) is 13.9. The Balaban J connectivity index is 1.59. The SMILES string of the molecule is Cc1cc(Br)ccc1NC(=O)CNC(=O)c1cc(C2CC2)nc2c1c(C)nn2C(C)(C)C. The number of nitrogens with zero attached hydrogens (tertiary/aromatic N) is 3. The third kappa shape index (κ3) is 4.55. The standard InChI is InChI=1S/C24H28BrN5O2/c1-13-10-16(25)8-9-18(13)27-20(31)12-26-23(32)17-11-19(15-6-7-15)28-22-21(17)14(2)29-30(22)24(3,4)5/h8-11,15H,6-7,12H2,1-5H3,(H,26,32)(H,27,31). The van der Waals surface area contributed by atoms with Crippen molar-refractivity contribution in [1.29, 1.82) is 0 Å². The van der Waals surface area contributed by atoms with Crippen LogP contribution in [0, 0.1) is 13.8 Å². The number of hydrogen-bond donors (Lipinski definition) is 2. The molecule has 2 amide bonds. The number of halogens is 1. The predicted octanol–water partition coefficient (Wildman–Crippen LogP) is 4.81. The summed E-state index contributed by atoms with van der Waals surface area (Å²) in [6, 6.07) is 7.49. The molecule has 1 aliphatic carbocycles. The van der Waals surface area contributed by atoms with Crippen LogP contribution in [0.3, 0.4) is 0 Å². The maximum absolute atomic E-state index is 13.2. The summed E-state index contributed by atoms with van der Waals surface area (Å²) < 4.78 is 2.84. The van der Waals surface area contributed by atoms with Gasteiger partial charge in [-0.15, -0.1) is 0 Å². The van der Waals surface area contributed by atoms with Gasteiger partial charge in [0, 0.05) is 21.8 Å². The molecule has 2 N–H and O–H groups in total. The molecule has 0 spiro atoms. The fourth-order valence-corrected chi connectivity index (χ4v) is 4.24. The van der Waals surface area contributed by atoms with Crippen LogP contribution < -0.4 is 10.6 Å². The second kappa shape index (κ2) is 8.31. The largest absolute Gasteiger partial charge is 0.343 e. The Labute approximate surface area is 196 Å². The number of hydrogen-bond acceptors (Lipinski definition) is 4. The van der Waals surface area contributed by atoms with Crippen molar-refractivity contribution in [2.24, 2.45) is 0 Å². The second-order valence-electron chi connectivity index (χ2n) is 9.43. The smallest absolute Gasteiger partial charge is 0.252 e. The molecule has 2 aromatic heterocycles. The first-order valence-corrected chi connectivity index (χ1v) is 11.6. The Morgan fingerprint density at radius 2 is 1.91 bits per heavy atom. The molecule has 1 fully saturated rings. The van der Waals surface area contributed by atoms with E-state index in [2.05, 4.69) is 52.4 Å². The predicted molar refractivity (Wildman–Crippen MR) is 129 cm³/mol. The van der Waals surface area contributed by atoms with Crippen LogP contribution >= 0.6 is 15.9 Å². The van der Waals surface area contributed by atoms with Crippen LogP contribution in [0.5, 0.6) is 0 Å². The Hall–Kier alpha value is -2.74. The zero-order valence-electron chi connectivity index (χ0n) is 19.0. The van der Waals surface area contributed by atoms with Crippen LogP contribution in [0.15, 0.2) is 28.7 Å². The number of aromatic nitrogens is 3. The third-order valence-electron chi connectivity index (χ3n) is 5.58. The van der Waals surface area contributed by atoms with Crippen molar-refractivity contribution in [3.8, 4) is 0 Å². The highest BCUT2D eigenvalue weighted by molar-refractivity contribution is 9.10. The molecule has 0 unspecified atom stereocenters. The zero-order chi connectivity index (χ0) is 23.2. The molecule has 8 heteroatoms. The van der Waals surface area contributed by atoms with E-state index in [1.807, 2.05) is 42.8 Å². The van der Waals surface area contributed by atoms with Crippen LogP contribution in [-0.4, -0.2) is 33.1 Å². The number of carbonyl (C=O) groups is 2. The first kappa shape index (κ1) is 22.5. The summed E-state index contributed by atoms with van der Waals surface area (Å²) in [5.41, 5.74) is 4.31. The van der Waals surface area contributed by atoms with Crippen molar-refractivity contribution in [3.63, 3.8) is 0 Å². The van der Waals surface area contributed by atoms with Gasteiger partial charge < -0.3 is 10.6 Å². The van der Waals surface area contributed by atoms with E-state index in [1.54, 1.807) is 0 Å². The number of carbonyl (C=O) groups excluding carboxylic acids is 2. The van der Waals surface area contributed by atoms with E-state index < -0.39 is 0 Å². The number of amides is 2. The van der Waals surface area contributed by atoms with Gasteiger partial charge in [-0.05, 0) is 77.3 Å². The van der Waals surface area contributed by atoms with Gasteiger partial charge >= 0.3 is 0 Å². The van der Waals surface area contributed by atoms with Gasteiger partial charge in [0.2, 0.25) is 5.91 Å². The van der Waals surface area contributed by atoms with Gasteiger partial charge in [-0.2, -0.15) is 5.10 Å². The Kier molecular flexibility index (Phi) is 5.83. The van der Waals surface area contributed by atoms with Crippen LogP contribution in [0.1, 0.15) is 66.8 Å². The van der Waals surface area contributed by atoms with E-state index in [0.29, 0.717) is 11.5 Å². The quantitative estimate of drug-likeness (QED) is 0.529. The minimum atomic E-state index is -0.293. The van der Waals surface area contributed by atoms with Gasteiger partial charge in [0.05, 0.1) is 28.7 Å². The maximum Gasteiger partial charge on any atom is 0.252 e. The minimum absolute atomic E-state index is 0.122. The lowest BCUT2D eigenvalue weighted by Gasteiger charge is -2.20. The minimum Gasteiger partial charge on any atom is -0.343 e. The monoisotopic (exact) mass is 497 g/mol. The first-order chi connectivity index (χ1) is 15.0. The number of pyridine rings is 1. The molecule has 0 radical (unpaired) electrons. The molecule has 1 saturated carbocycles. The average molecular weight is 498 g/mol. The van der Waals surface area contributed by atoms with Crippen molar-refractivity contribution in [3.05, 3.63) is 51.3 Å². The molecule has 1 aromatic carbocycles. The summed E-state index contributed by atoms with van der Waals surface area (Å²) in [5.74, 6) is -0.185. The number of fused-ring (bicyclic) bond motifs is 1. The van der Waals surface area contributed by atoms with E-state index in [1.165, 1.54) is 0 Å². The summed E-state index contributed by atoms with van der Waals surface area (Å²) >= 11 is 3.42. The van der Waals surface area contributed by atoms with E-state index in [-0.39, 0.29) is 23.9 Å². The third-order valence-corrected chi connectivity index (χ3v) is 6.07. The van der Waals surface area contributed by atoms with Crippen LogP contribution in [-0.2, 0) is 10.3 Å². The first-order valence-electron chi connectivity index (χ1n) is 10.8. The van der Waals surface area contributed by atoms with E-state index in [4.69, 9.17) is 4.98 Å². The molecular weight excluding hydrogens is 470 g/mol. The molecule has 0 bridgehead atoms. The summed E-state index contributed by atoms with van der Waals surface area (Å²) in [6.45, 7) is 9.89. The van der Waals surface area contributed by atoms with E-state index >= 15 is 0 Å². The van der Waals surface area contributed by atoms with Gasteiger partial charge in [-0.25, -0.2) is 9.67 Å². The van der Waals surface area contributed by atoms with Crippen LogP contribution in [0.4, 0.5) is 5.69 Å². The summed E-state index contributed by atoms with van der Waals surface area (Å²) in [6.07, 6.45) is 2.16. The Bertz CT molecular complexity index is 1220. The lowest BCUT2D eigenvalue weighted by atomic mass is 10.1. The van der Waals surface area contributed by atoms with E-state index in [9.17, 15) is 9.59 Å². The van der Waals surface area contributed by atoms with Crippen molar-refractivity contribution in [2.45, 2.75) is 58.9 Å². The van der Waals surface area contributed by atoms with Crippen LogP contribution in [0.25, 0.3) is 11.0 Å². The van der Waals surface area contributed by atoms with Gasteiger partial charge in [0.1, 0.15) is 0 Å². The average Bonchev–Trinajstić information content (AvgIpc) is 3.50. The number of anilines is 1. The summed E-state index contributed by atoms with van der Waals surface area (Å²) in [4.78, 5) is 30.5. The summed E-state index contributed by atoms with van der Waals surface area (Å²) in [7, 11) is 0. The zero-order valence-corrected chi connectivity index (χ0v) is 20.6. The number of aryl methyl sites for hydroxylation is 2. The molecular formula is C24H28BrN5O2. The molecule has 32 heavy (non-hydrogen) atoms. The number of nitrogens with one attached hydrogen (secondary N) is 2. The second-order valence-corrected chi connectivity index (χ2v) is 10.3. The Morgan fingerprint density at radius 3 is 2.53 bits per heavy atom. The maximum atomic E-state index is 13.2. The van der Waals surface area contributed by atoms with Gasteiger partial charge in [-0.3, -0.25) is 9.59 Å². The summed E-state index contributed by atoms with van der Waals surface area (Å²) in [5, 5.41) is 11.1. The molecule has 4 rings (SSSR count). The number of benzene rings is 1. The molecule has 0 aliphatic heterocycles. The van der Waals surface area contributed by atoms with Crippen molar-refractivity contribution >= 4 is 44.5 Å². The molecule has 3 aromatic rings. The fraction of sp³-hybridized carbons (Fsp3) is 0.417. The van der Waals surface area contributed by atoms with Gasteiger partial charge in [0.25, 0.3) is 5.91 Å². The highest BCUT2D eigenvalue weighted by Gasteiger charge is 2.30. The number of rotatable bonds is 5. The lowest BCUT2D eigenvalue weighted by Crippen LogP contribution is -2.33. The highest BCUT2D eigenvalue weighted by atomic mass is 79.9. The molecule has 0 saturated heterocycles. The molecule has 168 valence electrons. The molecule has 0 atom stereocenters. The van der Waals surface area contributed by atoms with E-state index in [0.717, 1.165) is 51.0 Å². The van der Waals surface area contributed by atoms with Crippen LogP contribution in [0.2, 0.25) is 0 Å². The highest BCUT2D eigenvalue weighted by Crippen LogP contribution is 2.41. The Morgan fingerprint density at radius 1 is 1.19 bits per heavy atom. The van der Waals surface area contributed by atoms with Crippen molar-refractivity contribution in [2.75, 3.05) is 11.9 Å².